The van der Waals surface area contributed by atoms with Gasteiger partial charge in [0.05, 0.1) is 0 Å². The molecule has 0 aromatic rings. The Labute approximate surface area is 159 Å². The number of carbonyl (C=O) groups is 1. The summed E-state index contributed by atoms with van der Waals surface area (Å²) in [5.74, 6) is -0.870. The van der Waals surface area contributed by atoms with Gasteiger partial charge in [0, 0.05) is 6.61 Å². The van der Waals surface area contributed by atoms with Crippen LogP contribution in [0.2, 0.25) is 0 Å². The smallest absolute Gasteiger partial charge is 0.332 e. The second kappa shape index (κ2) is 19.5. The number of carboxylic acids is 1. The van der Waals surface area contributed by atoms with Crippen LogP contribution in [0.25, 0.3) is 0 Å². The second-order valence-corrected chi connectivity index (χ2v) is 5.98. The van der Waals surface area contributed by atoms with Crippen molar-refractivity contribution in [3.63, 3.8) is 0 Å². The van der Waals surface area contributed by atoms with Gasteiger partial charge >= 0.3 is 5.97 Å². The van der Waals surface area contributed by atoms with Crippen LogP contribution in [-0.4, -0.2) is 23.8 Å². The Hall–Kier alpha value is -1.87. The summed E-state index contributed by atoms with van der Waals surface area (Å²) in [6, 6.07) is 0. The maximum absolute atomic E-state index is 11.0. The van der Waals surface area contributed by atoms with E-state index in [0.29, 0.717) is 13.0 Å². The molecule has 1 atom stereocenters. The first-order valence-corrected chi connectivity index (χ1v) is 9.81. The lowest BCUT2D eigenvalue weighted by atomic mass is 10.2. The Balaban J connectivity index is 3.70. The van der Waals surface area contributed by atoms with Crippen molar-refractivity contribution in [1.29, 1.82) is 0 Å². The van der Waals surface area contributed by atoms with Crippen molar-refractivity contribution in [2.45, 2.75) is 71.3 Å². The van der Waals surface area contributed by atoms with Crippen molar-refractivity contribution >= 4 is 5.97 Å². The molecule has 3 nitrogen and oxygen atoms in total. The molecular weight excluding hydrogens is 324 g/mol. The summed E-state index contributed by atoms with van der Waals surface area (Å²) in [5, 5.41) is 9.05. The first-order chi connectivity index (χ1) is 12.7. The largest absolute Gasteiger partial charge is 0.479 e. The maximum atomic E-state index is 11.0. The molecule has 0 rings (SSSR count). The minimum atomic E-state index is -0.870. The third kappa shape index (κ3) is 17.0. The topological polar surface area (TPSA) is 46.5 Å². The minimum Gasteiger partial charge on any atom is -0.479 e. The normalized spacial score (nSPS) is 13.9. The number of rotatable bonds is 16. The van der Waals surface area contributed by atoms with E-state index in [2.05, 4.69) is 61.6 Å². The molecule has 0 aliphatic heterocycles. The van der Waals surface area contributed by atoms with Gasteiger partial charge < -0.3 is 9.84 Å². The van der Waals surface area contributed by atoms with Crippen LogP contribution < -0.4 is 0 Å². The molecule has 0 bridgehead atoms. The summed E-state index contributed by atoms with van der Waals surface area (Å²) < 4.78 is 5.31. The molecule has 0 aliphatic rings. The molecule has 1 unspecified atom stereocenters. The van der Waals surface area contributed by atoms with Crippen molar-refractivity contribution < 1.29 is 14.6 Å². The number of hydrogen-bond donors (Lipinski definition) is 1. The van der Waals surface area contributed by atoms with E-state index in [9.17, 15) is 4.79 Å². The van der Waals surface area contributed by atoms with E-state index in [1.54, 1.807) is 0 Å². The molecule has 0 heterocycles. The highest BCUT2D eigenvalue weighted by Gasteiger charge is 2.15. The Morgan fingerprint density at radius 3 is 1.69 bits per heavy atom. The van der Waals surface area contributed by atoms with E-state index < -0.39 is 12.1 Å². The van der Waals surface area contributed by atoms with Gasteiger partial charge in [0.2, 0.25) is 0 Å². The highest BCUT2D eigenvalue weighted by Crippen LogP contribution is 2.05. The fraction of sp³-hybridized carbons (Fsp3) is 0.522. The van der Waals surface area contributed by atoms with Crippen LogP contribution in [-0.2, 0) is 9.53 Å². The van der Waals surface area contributed by atoms with Gasteiger partial charge in [-0.1, -0.05) is 74.6 Å². The molecule has 3 heteroatoms. The average Bonchev–Trinajstić information content (AvgIpc) is 2.63. The third-order valence-corrected chi connectivity index (χ3v) is 3.55. The standard InChI is InChI=1S/C23H36O3/c1-3-5-6-7-8-9-10-11-12-13-14-15-16-17-18-19-20-22(23(24)25)26-21-4-2/h5-6,8-9,11-12,14-15,17-18,22H,3-4,7,10,13,16,19-21H2,1-2H3,(H,24,25). The molecule has 0 radical (unpaired) electrons. The third-order valence-electron chi connectivity index (χ3n) is 3.55. The molecular formula is C23H36O3. The second-order valence-electron chi connectivity index (χ2n) is 5.98. The Kier molecular flexibility index (Phi) is 18.1. The number of allylic oxidation sites excluding steroid dienone is 10. The summed E-state index contributed by atoms with van der Waals surface area (Å²) in [5.41, 5.74) is 0. The number of carboxylic acid groups (broad SMARTS) is 1. The zero-order valence-electron chi connectivity index (χ0n) is 16.5. The van der Waals surface area contributed by atoms with E-state index in [1.807, 2.05) is 13.0 Å². The van der Waals surface area contributed by atoms with Crippen molar-refractivity contribution in [1.82, 2.24) is 0 Å². The molecule has 0 aromatic heterocycles. The number of hydrogen-bond acceptors (Lipinski definition) is 2. The van der Waals surface area contributed by atoms with Gasteiger partial charge in [-0.25, -0.2) is 4.79 Å². The van der Waals surface area contributed by atoms with Crippen LogP contribution in [0.1, 0.15) is 65.2 Å². The summed E-state index contributed by atoms with van der Waals surface area (Å²) in [7, 11) is 0. The van der Waals surface area contributed by atoms with Gasteiger partial charge in [-0.15, -0.1) is 0 Å². The highest BCUT2D eigenvalue weighted by atomic mass is 16.5. The van der Waals surface area contributed by atoms with Crippen LogP contribution >= 0.6 is 0 Å². The molecule has 0 saturated heterocycles. The first-order valence-electron chi connectivity index (χ1n) is 9.81. The fourth-order valence-electron chi connectivity index (χ4n) is 2.15. The molecule has 26 heavy (non-hydrogen) atoms. The lowest BCUT2D eigenvalue weighted by Crippen LogP contribution is -2.23. The number of aliphatic carboxylic acids is 1. The SMILES string of the molecule is CCC=CCC=CCC=CCC=CCC=CCCC(OCCC)C(=O)O. The van der Waals surface area contributed by atoms with E-state index in [1.165, 1.54) is 0 Å². The molecule has 0 aliphatic carbocycles. The Bertz CT molecular complexity index is 470. The Morgan fingerprint density at radius 2 is 1.27 bits per heavy atom. The summed E-state index contributed by atoms with van der Waals surface area (Å²) >= 11 is 0. The van der Waals surface area contributed by atoms with Gasteiger partial charge in [0.25, 0.3) is 0 Å². The fourth-order valence-corrected chi connectivity index (χ4v) is 2.15. The summed E-state index contributed by atoms with van der Waals surface area (Å²) in [6.45, 7) is 4.62. The van der Waals surface area contributed by atoms with Crippen LogP contribution in [0, 0.1) is 0 Å². The molecule has 0 aromatic carbocycles. The van der Waals surface area contributed by atoms with Crippen LogP contribution in [0.5, 0.6) is 0 Å². The van der Waals surface area contributed by atoms with Gasteiger partial charge in [0.1, 0.15) is 0 Å². The van der Waals surface area contributed by atoms with E-state index in [-0.39, 0.29) is 0 Å². The lowest BCUT2D eigenvalue weighted by Gasteiger charge is -2.11. The lowest BCUT2D eigenvalue weighted by molar-refractivity contribution is -0.150. The summed E-state index contributed by atoms with van der Waals surface area (Å²) in [4.78, 5) is 11.0. The monoisotopic (exact) mass is 360 g/mol. The van der Waals surface area contributed by atoms with Crippen LogP contribution in [0.4, 0.5) is 0 Å². The zero-order chi connectivity index (χ0) is 19.3. The first kappa shape index (κ1) is 24.1. The van der Waals surface area contributed by atoms with Crippen molar-refractivity contribution in [2.75, 3.05) is 6.61 Å². The van der Waals surface area contributed by atoms with E-state index in [4.69, 9.17) is 9.84 Å². The van der Waals surface area contributed by atoms with Gasteiger partial charge in [-0.05, 0) is 51.4 Å². The van der Waals surface area contributed by atoms with Crippen LogP contribution in [0.15, 0.2) is 60.8 Å². The molecule has 146 valence electrons. The van der Waals surface area contributed by atoms with Gasteiger partial charge in [0.15, 0.2) is 6.10 Å². The van der Waals surface area contributed by atoms with Crippen LogP contribution in [0.3, 0.4) is 0 Å². The van der Waals surface area contributed by atoms with E-state index >= 15 is 0 Å². The van der Waals surface area contributed by atoms with Crippen molar-refractivity contribution in [2.24, 2.45) is 0 Å². The Morgan fingerprint density at radius 1 is 0.808 bits per heavy atom. The van der Waals surface area contributed by atoms with Crippen molar-refractivity contribution in [3.8, 4) is 0 Å². The quantitative estimate of drug-likeness (QED) is 0.324. The molecule has 0 spiro atoms. The maximum Gasteiger partial charge on any atom is 0.332 e. The number of ether oxygens (including phenoxy) is 1. The van der Waals surface area contributed by atoms with E-state index in [0.717, 1.165) is 44.9 Å². The molecule has 1 N–H and O–H groups in total. The minimum absolute atomic E-state index is 0.503. The highest BCUT2D eigenvalue weighted by molar-refractivity contribution is 5.72. The average molecular weight is 361 g/mol. The predicted molar refractivity (Wildman–Crippen MR) is 111 cm³/mol. The molecule has 0 fully saturated rings. The van der Waals surface area contributed by atoms with Gasteiger partial charge in [-0.3, -0.25) is 0 Å². The predicted octanol–water partition coefficient (Wildman–Crippen LogP) is 6.40. The zero-order valence-corrected chi connectivity index (χ0v) is 16.5. The van der Waals surface area contributed by atoms with Crippen molar-refractivity contribution in [3.05, 3.63) is 60.8 Å². The van der Waals surface area contributed by atoms with Gasteiger partial charge in [-0.2, -0.15) is 0 Å². The molecule has 0 saturated carbocycles. The molecule has 0 amide bonds. The summed E-state index contributed by atoms with van der Waals surface area (Å²) in [6.07, 6.45) is 27.9.